The first-order valence-corrected chi connectivity index (χ1v) is 6.36. The van der Waals surface area contributed by atoms with Gasteiger partial charge in [0.05, 0.1) is 0 Å². The van der Waals surface area contributed by atoms with Crippen molar-refractivity contribution in [1.82, 2.24) is 4.90 Å². The van der Waals surface area contributed by atoms with E-state index in [1.54, 1.807) is 6.92 Å². The largest absolute Gasteiger partial charge is 0.300 e. The van der Waals surface area contributed by atoms with E-state index in [4.69, 9.17) is 0 Å². The van der Waals surface area contributed by atoms with Gasteiger partial charge >= 0.3 is 0 Å². The van der Waals surface area contributed by atoms with Gasteiger partial charge in [-0.1, -0.05) is 37.1 Å². The van der Waals surface area contributed by atoms with Crippen molar-refractivity contribution in [1.29, 1.82) is 0 Å². The summed E-state index contributed by atoms with van der Waals surface area (Å²) in [6.45, 7) is 1.66. The van der Waals surface area contributed by atoms with Crippen LogP contribution in [0.25, 0.3) is 0 Å². The van der Waals surface area contributed by atoms with E-state index < -0.39 is 0 Å². The van der Waals surface area contributed by atoms with Gasteiger partial charge in [-0.3, -0.25) is 9.69 Å². The molecular formula is C15H21NO. The van der Waals surface area contributed by atoms with Gasteiger partial charge in [0.15, 0.2) is 5.78 Å². The molecule has 1 aliphatic carbocycles. The molecule has 0 bridgehead atoms. The Morgan fingerprint density at radius 2 is 1.76 bits per heavy atom. The molecule has 17 heavy (non-hydrogen) atoms. The number of Topliss-reactive ketones (excluding diaryl/α,β-unsaturated/α-hetero) is 1. The molecule has 0 amide bonds. The molecule has 2 nitrogen and oxygen atoms in total. The molecule has 1 aliphatic rings. The molecule has 0 N–H and O–H groups in total. The summed E-state index contributed by atoms with van der Waals surface area (Å²) in [4.78, 5) is 14.1. The maximum Gasteiger partial charge on any atom is 0.160 e. The molecule has 0 atom stereocenters. The van der Waals surface area contributed by atoms with Crippen LogP contribution in [0.3, 0.4) is 0 Å². The number of nitrogens with zero attached hydrogens (tertiary/aromatic N) is 1. The van der Waals surface area contributed by atoms with E-state index in [0.717, 1.165) is 18.4 Å². The van der Waals surface area contributed by atoms with Crippen molar-refractivity contribution in [2.24, 2.45) is 0 Å². The Kier molecular flexibility index (Phi) is 3.34. The van der Waals surface area contributed by atoms with Crippen molar-refractivity contribution in [2.45, 2.75) is 38.1 Å². The molecule has 1 saturated carbocycles. The van der Waals surface area contributed by atoms with Gasteiger partial charge in [-0.25, -0.2) is 0 Å². The minimum atomic E-state index is 0.0717. The highest BCUT2D eigenvalue weighted by Gasteiger charge is 2.39. The van der Waals surface area contributed by atoms with E-state index in [2.05, 4.69) is 25.1 Å². The van der Waals surface area contributed by atoms with Gasteiger partial charge in [0.25, 0.3) is 0 Å². The lowest BCUT2D eigenvalue weighted by atomic mass is 9.83. The fourth-order valence-corrected chi connectivity index (χ4v) is 3.11. The topological polar surface area (TPSA) is 20.3 Å². The van der Waals surface area contributed by atoms with Gasteiger partial charge in [-0.05, 0) is 39.4 Å². The van der Waals surface area contributed by atoms with E-state index >= 15 is 0 Å². The van der Waals surface area contributed by atoms with Crippen LogP contribution in [-0.4, -0.2) is 24.8 Å². The number of hydrogen-bond acceptors (Lipinski definition) is 2. The third-order valence-electron chi connectivity index (χ3n) is 4.09. The van der Waals surface area contributed by atoms with Crippen LogP contribution in [0.1, 0.15) is 48.5 Å². The summed E-state index contributed by atoms with van der Waals surface area (Å²) in [6.07, 6.45) is 4.82. The quantitative estimate of drug-likeness (QED) is 0.744. The maximum absolute atomic E-state index is 11.8. The molecular weight excluding hydrogens is 210 g/mol. The molecule has 1 fully saturated rings. The Hall–Kier alpha value is -1.15. The monoisotopic (exact) mass is 231 g/mol. The standard InChI is InChI=1S/C15H21NO/c1-12(17)13-8-4-5-9-14(13)15(16(2)3)10-6-7-11-15/h4-5,8-9H,6-7,10-11H2,1-3H3. The zero-order valence-corrected chi connectivity index (χ0v) is 11.0. The maximum atomic E-state index is 11.8. The van der Waals surface area contributed by atoms with Crippen molar-refractivity contribution in [2.75, 3.05) is 14.1 Å². The molecule has 0 saturated heterocycles. The fraction of sp³-hybridized carbons (Fsp3) is 0.533. The molecule has 92 valence electrons. The number of ketones is 1. The molecule has 0 aromatic heterocycles. The molecule has 0 heterocycles. The molecule has 0 radical (unpaired) electrons. The SMILES string of the molecule is CC(=O)c1ccccc1C1(N(C)C)CCCC1. The Balaban J connectivity index is 2.54. The lowest BCUT2D eigenvalue weighted by molar-refractivity contribution is 0.100. The van der Waals surface area contributed by atoms with Crippen LogP contribution in [-0.2, 0) is 5.54 Å². The fourth-order valence-electron chi connectivity index (χ4n) is 3.11. The lowest BCUT2D eigenvalue weighted by Gasteiger charge is -2.38. The summed E-state index contributed by atoms with van der Waals surface area (Å²) >= 11 is 0. The summed E-state index contributed by atoms with van der Waals surface area (Å²) in [5.74, 6) is 0.175. The van der Waals surface area contributed by atoms with E-state index in [-0.39, 0.29) is 11.3 Å². The van der Waals surface area contributed by atoms with Crippen LogP contribution < -0.4 is 0 Å². The highest BCUT2D eigenvalue weighted by molar-refractivity contribution is 5.95. The zero-order valence-electron chi connectivity index (χ0n) is 11.0. The predicted octanol–water partition coefficient (Wildman–Crippen LogP) is 3.22. The van der Waals surface area contributed by atoms with E-state index in [1.807, 2.05) is 18.2 Å². The van der Waals surface area contributed by atoms with Crippen LogP contribution in [0.5, 0.6) is 0 Å². The normalized spacial score (nSPS) is 18.6. The van der Waals surface area contributed by atoms with Crippen molar-refractivity contribution < 1.29 is 4.79 Å². The smallest absolute Gasteiger partial charge is 0.160 e. The molecule has 2 heteroatoms. The van der Waals surface area contributed by atoms with Crippen LogP contribution >= 0.6 is 0 Å². The second-order valence-electron chi connectivity index (χ2n) is 5.23. The summed E-state index contributed by atoms with van der Waals surface area (Å²) in [5.41, 5.74) is 2.18. The van der Waals surface area contributed by atoms with Gasteiger partial charge in [-0.2, -0.15) is 0 Å². The Morgan fingerprint density at radius 3 is 2.29 bits per heavy atom. The number of rotatable bonds is 3. The van der Waals surface area contributed by atoms with E-state index in [1.165, 1.54) is 18.4 Å². The Bertz CT molecular complexity index is 417. The first-order valence-electron chi connectivity index (χ1n) is 6.36. The Labute approximate surface area is 104 Å². The average Bonchev–Trinajstić information content (AvgIpc) is 2.79. The van der Waals surface area contributed by atoms with Crippen molar-refractivity contribution >= 4 is 5.78 Å². The first-order chi connectivity index (χ1) is 8.08. The van der Waals surface area contributed by atoms with Crippen LogP contribution in [0.2, 0.25) is 0 Å². The third kappa shape index (κ3) is 2.02. The molecule has 1 aromatic carbocycles. The van der Waals surface area contributed by atoms with Gasteiger partial charge in [0.2, 0.25) is 0 Å². The van der Waals surface area contributed by atoms with Crippen LogP contribution in [0, 0.1) is 0 Å². The number of carbonyl (C=O) groups excluding carboxylic acids is 1. The van der Waals surface area contributed by atoms with Crippen molar-refractivity contribution in [3.8, 4) is 0 Å². The van der Waals surface area contributed by atoms with Gasteiger partial charge in [0.1, 0.15) is 0 Å². The Morgan fingerprint density at radius 1 is 1.18 bits per heavy atom. The van der Waals surface area contributed by atoms with Gasteiger partial charge in [-0.15, -0.1) is 0 Å². The summed E-state index contributed by atoms with van der Waals surface area (Å²) in [7, 11) is 4.25. The second kappa shape index (κ2) is 4.61. The molecule has 0 aliphatic heterocycles. The number of hydrogen-bond donors (Lipinski definition) is 0. The highest BCUT2D eigenvalue weighted by Crippen LogP contribution is 2.43. The summed E-state index contributed by atoms with van der Waals surface area (Å²) in [6, 6.07) is 8.09. The molecule has 0 spiro atoms. The minimum absolute atomic E-state index is 0.0717. The minimum Gasteiger partial charge on any atom is -0.300 e. The summed E-state index contributed by atoms with van der Waals surface area (Å²) < 4.78 is 0. The molecule has 2 rings (SSSR count). The third-order valence-corrected chi connectivity index (χ3v) is 4.09. The van der Waals surface area contributed by atoms with Gasteiger partial charge < -0.3 is 0 Å². The highest BCUT2D eigenvalue weighted by atomic mass is 16.1. The zero-order chi connectivity index (χ0) is 12.5. The first kappa shape index (κ1) is 12.3. The van der Waals surface area contributed by atoms with Gasteiger partial charge in [0, 0.05) is 11.1 Å². The van der Waals surface area contributed by atoms with E-state index in [0.29, 0.717) is 0 Å². The molecule has 1 aromatic rings. The van der Waals surface area contributed by atoms with E-state index in [9.17, 15) is 4.79 Å². The molecule has 0 unspecified atom stereocenters. The van der Waals surface area contributed by atoms with Crippen LogP contribution in [0.4, 0.5) is 0 Å². The van der Waals surface area contributed by atoms with Crippen molar-refractivity contribution in [3.63, 3.8) is 0 Å². The predicted molar refractivity (Wildman–Crippen MR) is 70.3 cm³/mol. The lowest BCUT2D eigenvalue weighted by Crippen LogP contribution is -2.39. The number of carbonyl (C=O) groups is 1. The van der Waals surface area contributed by atoms with Crippen molar-refractivity contribution in [3.05, 3.63) is 35.4 Å². The van der Waals surface area contributed by atoms with Crippen LogP contribution in [0.15, 0.2) is 24.3 Å². The average molecular weight is 231 g/mol. The second-order valence-corrected chi connectivity index (χ2v) is 5.23. The summed E-state index contributed by atoms with van der Waals surface area (Å²) in [5, 5.41) is 0. The number of benzene rings is 1.